The van der Waals surface area contributed by atoms with Crippen LogP contribution >= 0.6 is 11.8 Å². The van der Waals surface area contributed by atoms with Gasteiger partial charge >= 0.3 is 5.97 Å². The van der Waals surface area contributed by atoms with E-state index >= 15 is 0 Å². The Labute approximate surface area is 246 Å². The van der Waals surface area contributed by atoms with Crippen LogP contribution in [0.5, 0.6) is 5.75 Å². The molecule has 0 saturated heterocycles. The predicted molar refractivity (Wildman–Crippen MR) is 163 cm³/mol. The maximum absolute atomic E-state index is 13.2. The number of nitrogens with one attached hydrogen (secondary N) is 3. The van der Waals surface area contributed by atoms with Crippen molar-refractivity contribution in [2.24, 2.45) is 0 Å². The van der Waals surface area contributed by atoms with Gasteiger partial charge in [0, 0.05) is 21.8 Å². The Bertz CT molecular complexity index is 1590. The third-order valence-corrected chi connectivity index (χ3v) is 6.87. The van der Waals surface area contributed by atoms with Crippen molar-refractivity contribution in [1.29, 1.82) is 0 Å². The number of hydrogen-bond acceptors (Lipinski definition) is 6. The standard InChI is InChI=1S/C32H27N3O6S/c1-41-26-15-7-21(8-16-26)19-28(35-30(37)22-5-3-2-4-6-22)31(38)34-25-13-17-27(18-14-25)42-20-29(36)33-24-11-9-23(10-12-24)32(39)40/h2-19H,20H2,1H3,(H,33,36)(H,34,38)(H,35,37)(H,39,40)/b28-19-. The Morgan fingerprint density at radius 1 is 0.762 bits per heavy atom. The first kappa shape index (κ1) is 29.6. The summed E-state index contributed by atoms with van der Waals surface area (Å²) in [5, 5.41) is 17.2. The Balaban J connectivity index is 1.38. The Kier molecular flexibility index (Phi) is 10.1. The molecule has 0 saturated carbocycles. The van der Waals surface area contributed by atoms with Gasteiger partial charge in [0.05, 0.1) is 18.4 Å². The number of anilines is 2. The number of carboxylic acid groups (broad SMARTS) is 1. The molecule has 0 radical (unpaired) electrons. The molecule has 0 unspecified atom stereocenters. The van der Waals surface area contributed by atoms with Crippen molar-refractivity contribution in [3.8, 4) is 5.75 Å². The predicted octanol–water partition coefficient (Wildman–Crippen LogP) is 5.53. The second-order valence-electron chi connectivity index (χ2n) is 8.85. The summed E-state index contributed by atoms with van der Waals surface area (Å²) >= 11 is 1.30. The van der Waals surface area contributed by atoms with E-state index in [1.54, 1.807) is 92.0 Å². The summed E-state index contributed by atoms with van der Waals surface area (Å²) in [4.78, 5) is 50.1. The normalized spacial score (nSPS) is 10.8. The van der Waals surface area contributed by atoms with Crippen LogP contribution in [0, 0.1) is 0 Å². The maximum atomic E-state index is 13.2. The fourth-order valence-electron chi connectivity index (χ4n) is 3.68. The topological polar surface area (TPSA) is 134 Å². The summed E-state index contributed by atoms with van der Waals surface area (Å²) in [7, 11) is 1.56. The van der Waals surface area contributed by atoms with Gasteiger partial charge in [-0.15, -0.1) is 11.8 Å². The van der Waals surface area contributed by atoms with E-state index < -0.39 is 17.8 Å². The molecule has 10 heteroatoms. The zero-order chi connectivity index (χ0) is 29.9. The maximum Gasteiger partial charge on any atom is 0.335 e. The Hall–Kier alpha value is -5.35. The van der Waals surface area contributed by atoms with Crippen molar-refractivity contribution < 1.29 is 29.0 Å². The second-order valence-corrected chi connectivity index (χ2v) is 9.90. The fraction of sp³-hybridized carbons (Fsp3) is 0.0625. The largest absolute Gasteiger partial charge is 0.497 e. The molecule has 212 valence electrons. The van der Waals surface area contributed by atoms with E-state index in [-0.39, 0.29) is 22.9 Å². The first-order valence-electron chi connectivity index (χ1n) is 12.7. The van der Waals surface area contributed by atoms with E-state index in [0.717, 1.165) is 4.90 Å². The average Bonchev–Trinajstić information content (AvgIpc) is 3.01. The van der Waals surface area contributed by atoms with E-state index in [0.29, 0.717) is 28.3 Å². The van der Waals surface area contributed by atoms with Crippen LogP contribution in [0.3, 0.4) is 0 Å². The van der Waals surface area contributed by atoms with Crippen molar-refractivity contribution in [3.63, 3.8) is 0 Å². The number of aromatic carboxylic acids is 1. The van der Waals surface area contributed by atoms with E-state index in [9.17, 15) is 19.2 Å². The van der Waals surface area contributed by atoms with Gasteiger partial charge in [-0.2, -0.15) is 0 Å². The Morgan fingerprint density at radius 3 is 2.00 bits per heavy atom. The van der Waals surface area contributed by atoms with Gasteiger partial charge in [-0.3, -0.25) is 14.4 Å². The molecule has 4 aromatic rings. The third kappa shape index (κ3) is 8.57. The second kappa shape index (κ2) is 14.3. The quantitative estimate of drug-likeness (QED) is 0.135. The first-order chi connectivity index (χ1) is 20.3. The van der Waals surface area contributed by atoms with Gasteiger partial charge in [0.2, 0.25) is 5.91 Å². The van der Waals surface area contributed by atoms with Crippen LogP contribution in [0.4, 0.5) is 11.4 Å². The first-order valence-corrected chi connectivity index (χ1v) is 13.7. The fourth-order valence-corrected chi connectivity index (χ4v) is 4.38. The summed E-state index contributed by atoms with van der Waals surface area (Å²) < 4.78 is 5.19. The van der Waals surface area contributed by atoms with Crippen LogP contribution in [-0.4, -0.2) is 41.7 Å². The lowest BCUT2D eigenvalue weighted by Crippen LogP contribution is -2.30. The van der Waals surface area contributed by atoms with Crippen molar-refractivity contribution in [2.45, 2.75) is 4.90 Å². The molecule has 0 aliphatic carbocycles. The molecule has 0 bridgehead atoms. The van der Waals surface area contributed by atoms with E-state index in [1.165, 1.54) is 36.0 Å². The van der Waals surface area contributed by atoms with Gasteiger partial charge in [-0.25, -0.2) is 4.79 Å². The zero-order valence-electron chi connectivity index (χ0n) is 22.5. The van der Waals surface area contributed by atoms with E-state index in [1.807, 2.05) is 0 Å². The summed E-state index contributed by atoms with van der Waals surface area (Å²) in [6, 6.07) is 28.5. The monoisotopic (exact) mass is 581 g/mol. The smallest absolute Gasteiger partial charge is 0.335 e. The summed E-state index contributed by atoms with van der Waals surface area (Å²) in [6.07, 6.45) is 1.58. The lowest BCUT2D eigenvalue weighted by Gasteiger charge is -2.12. The van der Waals surface area contributed by atoms with Crippen molar-refractivity contribution >= 4 is 52.9 Å². The van der Waals surface area contributed by atoms with E-state index in [4.69, 9.17) is 9.84 Å². The molecule has 0 atom stereocenters. The average molecular weight is 582 g/mol. The van der Waals surface area contributed by atoms with Gasteiger partial charge in [0.1, 0.15) is 11.4 Å². The van der Waals surface area contributed by atoms with Gasteiger partial charge in [0.25, 0.3) is 11.8 Å². The van der Waals surface area contributed by atoms with Crippen LogP contribution in [0.1, 0.15) is 26.3 Å². The molecule has 9 nitrogen and oxygen atoms in total. The van der Waals surface area contributed by atoms with Gasteiger partial charge in [-0.05, 0) is 84.4 Å². The molecule has 0 heterocycles. The minimum atomic E-state index is -1.04. The highest BCUT2D eigenvalue weighted by Crippen LogP contribution is 2.22. The van der Waals surface area contributed by atoms with E-state index in [2.05, 4.69) is 16.0 Å². The summed E-state index contributed by atoms with van der Waals surface area (Å²) in [5.41, 5.74) is 2.30. The van der Waals surface area contributed by atoms with Crippen molar-refractivity contribution in [1.82, 2.24) is 5.32 Å². The minimum absolute atomic E-state index is 0.0560. The SMILES string of the molecule is COc1ccc(/C=C(\NC(=O)c2ccccc2)C(=O)Nc2ccc(SCC(=O)Nc3ccc(C(=O)O)cc3)cc2)cc1. The van der Waals surface area contributed by atoms with Gasteiger partial charge in [0.15, 0.2) is 0 Å². The molecule has 3 amide bonds. The number of hydrogen-bond donors (Lipinski definition) is 4. The third-order valence-electron chi connectivity index (χ3n) is 5.85. The minimum Gasteiger partial charge on any atom is -0.497 e. The molecule has 0 aromatic heterocycles. The molecule has 0 spiro atoms. The van der Waals surface area contributed by atoms with Crippen molar-refractivity contribution in [2.75, 3.05) is 23.5 Å². The van der Waals surface area contributed by atoms with Crippen LogP contribution in [0.25, 0.3) is 6.08 Å². The van der Waals surface area contributed by atoms with Crippen molar-refractivity contribution in [3.05, 3.63) is 126 Å². The number of carbonyl (C=O) groups excluding carboxylic acids is 3. The molecule has 0 fully saturated rings. The number of amides is 3. The summed E-state index contributed by atoms with van der Waals surface area (Å²) in [6.45, 7) is 0. The molecular formula is C32H27N3O6S. The molecule has 0 aliphatic heterocycles. The molecule has 0 aliphatic rings. The number of ether oxygens (including phenoxy) is 1. The number of carboxylic acids is 1. The Morgan fingerprint density at radius 2 is 1.38 bits per heavy atom. The highest BCUT2D eigenvalue weighted by atomic mass is 32.2. The van der Waals surface area contributed by atoms with Crippen LogP contribution in [0.15, 0.2) is 114 Å². The lowest BCUT2D eigenvalue weighted by molar-refractivity contribution is -0.114. The molecule has 42 heavy (non-hydrogen) atoms. The van der Waals surface area contributed by atoms with Crippen LogP contribution < -0.4 is 20.7 Å². The highest BCUT2D eigenvalue weighted by Gasteiger charge is 2.15. The van der Waals surface area contributed by atoms with Gasteiger partial charge < -0.3 is 25.8 Å². The molecule has 4 rings (SSSR count). The number of methoxy groups -OCH3 is 1. The zero-order valence-corrected chi connectivity index (χ0v) is 23.3. The lowest BCUT2D eigenvalue weighted by atomic mass is 10.1. The molecule has 4 aromatic carbocycles. The number of thioether (sulfide) groups is 1. The van der Waals surface area contributed by atoms with Crippen LogP contribution in [-0.2, 0) is 9.59 Å². The number of benzene rings is 4. The molecular weight excluding hydrogens is 554 g/mol. The van der Waals surface area contributed by atoms with Gasteiger partial charge in [-0.1, -0.05) is 30.3 Å². The summed E-state index contributed by atoms with van der Waals surface area (Å²) in [5.74, 6) is -1.42. The van der Waals surface area contributed by atoms with Crippen LogP contribution in [0.2, 0.25) is 0 Å². The highest BCUT2D eigenvalue weighted by molar-refractivity contribution is 8.00. The number of rotatable bonds is 11. The number of carbonyl (C=O) groups is 4. The molecule has 4 N–H and O–H groups in total.